The molecule has 0 aliphatic carbocycles. The van der Waals surface area contributed by atoms with Crippen molar-refractivity contribution in [2.45, 2.75) is 25.9 Å². The SMILES string of the molecule is CC1CCN(C(=O)Cn2cc([N+](=O)[O-])cn2)C1CO. The van der Waals surface area contributed by atoms with E-state index in [1.165, 1.54) is 10.9 Å². The Labute approximate surface area is 109 Å². The lowest BCUT2D eigenvalue weighted by molar-refractivity contribution is -0.385. The minimum Gasteiger partial charge on any atom is -0.394 e. The molecule has 1 fully saturated rings. The minimum absolute atomic E-state index is 0.0446. The summed E-state index contributed by atoms with van der Waals surface area (Å²) < 4.78 is 1.25. The number of carbonyl (C=O) groups is 1. The first-order chi connectivity index (χ1) is 9.02. The second-order valence-electron chi connectivity index (χ2n) is 4.76. The molecular formula is C11H16N4O4. The summed E-state index contributed by atoms with van der Waals surface area (Å²) in [4.78, 5) is 23.7. The van der Waals surface area contributed by atoms with Crippen molar-refractivity contribution in [2.24, 2.45) is 5.92 Å². The van der Waals surface area contributed by atoms with Crippen LogP contribution >= 0.6 is 0 Å². The first kappa shape index (κ1) is 13.5. The van der Waals surface area contributed by atoms with Gasteiger partial charge in [-0.2, -0.15) is 5.10 Å². The number of hydrogen-bond donors (Lipinski definition) is 1. The first-order valence-electron chi connectivity index (χ1n) is 6.10. The van der Waals surface area contributed by atoms with E-state index in [0.29, 0.717) is 6.54 Å². The highest BCUT2D eigenvalue weighted by Gasteiger charge is 2.33. The van der Waals surface area contributed by atoms with Crippen LogP contribution in [0.15, 0.2) is 12.4 Å². The Bertz CT molecular complexity index is 487. The summed E-state index contributed by atoms with van der Waals surface area (Å²) in [6, 6.07) is -0.168. The van der Waals surface area contributed by atoms with Crippen LogP contribution in [0.4, 0.5) is 5.69 Å². The summed E-state index contributed by atoms with van der Waals surface area (Å²) >= 11 is 0. The van der Waals surface area contributed by atoms with Gasteiger partial charge in [0.05, 0.1) is 17.6 Å². The van der Waals surface area contributed by atoms with Crippen molar-refractivity contribution < 1.29 is 14.8 Å². The molecule has 0 saturated carbocycles. The second kappa shape index (κ2) is 5.35. The number of nitro groups is 1. The van der Waals surface area contributed by atoms with Crippen molar-refractivity contribution in [1.29, 1.82) is 0 Å². The molecule has 0 aromatic carbocycles. The van der Waals surface area contributed by atoms with Gasteiger partial charge in [-0.05, 0) is 12.3 Å². The molecule has 0 bridgehead atoms. The molecule has 1 saturated heterocycles. The zero-order valence-electron chi connectivity index (χ0n) is 10.6. The summed E-state index contributed by atoms with van der Waals surface area (Å²) in [7, 11) is 0. The smallest absolute Gasteiger partial charge is 0.307 e. The maximum Gasteiger partial charge on any atom is 0.307 e. The molecule has 104 valence electrons. The van der Waals surface area contributed by atoms with E-state index >= 15 is 0 Å². The number of aromatic nitrogens is 2. The number of amides is 1. The lowest BCUT2D eigenvalue weighted by Crippen LogP contribution is -2.41. The van der Waals surface area contributed by atoms with Crippen LogP contribution in [-0.2, 0) is 11.3 Å². The van der Waals surface area contributed by atoms with Crippen molar-refractivity contribution in [3.8, 4) is 0 Å². The molecule has 1 N–H and O–H groups in total. The van der Waals surface area contributed by atoms with Gasteiger partial charge in [-0.25, -0.2) is 0 Å². The van der Waals surface area contributed by atoms with Gasteiger partial charge in [0, 0.05) is 6.54 Å². The summed E-state index contributed by atoms with van der Waals surface area (Å²) in [6.45, 7) is 2.49. The first-order valence-corrected chi connectivity index (χ1v) is 6.10. The summed E-state index contributed by atoms with van der Waals surface area (Å²) in [6.07, 6.45) is 3.20. The van der Waals surface area contributed by atoms with Crippen LogP contribution in [0.5, 0.6) is 0 Å². The number of likely N-dealkylation sites (tertiary alicyclic amines) is 1. The van der Waals surface area contributed by atoms with Crippen molar-refractivity contribution in [3.63, 3.8) is 0 Å². The highest BCUT2D eigenvalue weighted by Crippen LogP contribution is 2.23. The average Bonchev–Trinajstić information content (AvgIpc) is 2.95. The molecule has 19 heavy (non-hydrogen) atoms. The summed E-state index contributed by atoms with van der Waals surface area (Å²) in [5, 5.41) is 23.6. The van der Waals surface area contributed by atoms with E-state index in [1.807, 2.05) is 6.92 Å². The van der Waals surface area contributed by atoms with Crippen molar-refractivity contribution in [3.05, 3.63) is 22.5 Å². The van der Waals surface area contributed by atoms with Gasteiger partial charge in [0.25, 0.3) is 0 Å². The van der Waals surface area contributed by atoms with Crippen LogP contribution in [0.25, 0.3) is 0 Å². The molecular weight excluding hydrogens is 252 g/mol. The molecule has 1 amide bonds. The highest BCUT2D eigenvalue weighted by atomic mass is 16.6. The highest BCUT2D eigenvalue weighted by molar-refractivity contribution is 5.76. The lowest BCUT2D eigenvalue weighted by atomic mass is 10.0. The topological polar surface area (TPSA) is 102 Å². The zero-order valence-corrected chi connectivity index (χ0v) is 10.6. The van der Waals surface area contributed by atoms with Crippen molar-refractivity contribution in [1.82, 2.24) is 14.7 Å². The Hall–Kier alpha value is -1.96. The monoisotopic (exact) mass is 268 g/mol. The van der Waals surface area contributed by atoms with Crippen LogP contribution in [0.2, 0.25) is 0 Å². The van der Waals surface area contributed by atoms with Gasteiger partial charge in [-0.15, -0.1) is 0 Å². The third-order valence-electron chi connectivity index (χ3n) is 3.52. The summed E-state index contributed by atoms with van der Waals surface area (Å²) in [5.74, 6) is 0.0855. The minimum atomic E-state index is -0.553. The Balaban J connectivity index is 2.02. The second-order valence-corrected chi connectivity index (χ2v) is 4.76. The summed E-state index contributed by atoms with van der Waals surface area (Å²) in [5.41, 5.74) is -0.138. The van der Waals surface area contributed by atoms with Crippen LogP contribution in [-0.4, -0.2) is 49.8 Å². The van der Waals surface area contributed by atoms with E-state index in [2.05, 4.69) is 5.10 Å². The molecule has 0 radical (unpaired) electrons. The van der Waals surface area contributed by atoms with Gasteiger partial charge in [0.15, 0.2) is 0 Å². The molecule has 0 spiro atoms. The van der Waals surface area contributed by atoms with E-state index in [9.17, 15) is 20.0 Å². The Morgan fingerprint density at radius 1 is 1.68 bits per heavy atom. The molecule has 1 aromatic rings. The fourth-order valence-electron chi connectivity index (χ4n) is 2.36. The van der Waals surface area contributed by atoms with E-state index < -0.39 is 4.92 Å². The molecule has 1 aliphatic heterocycles. The molecule has 8 heteroatoms. The number of rotatable bonds is 4. The predicted octanol–water partition coefficient (Wildman–Crippen LogP) is 0.0206. The Morgan fingerprint density at radius 2 is 2.42 bits per heavy atom. The molecule has 2 rings (SSSR count). The van der Waals surface area contributed by atoms with Gasteiger partial charge in [0.1, 0.15) is 18.9 Å². The molecule has 2 atom stereocenters. The van der Waals surface area contributed by atoms with Gasteiger partial charge in [-0.1, -0.05) is 6.92 Å². The van der Waals surface area contributed by atoms with Crippen LogP contribution < -0.4 is 0 Å². The maximum atomic E-state index is 12.1. The van der Waals surface area contributed by atoms with Crippen LogP contribution in [0.3, 0.4) is 0 Å². The molecule has 1 aliphatic rings. The van der Waals surface area contributed by atoms with Gasteiger partial charge >= 0.3 is 5.69 Å². The predicted molar refractivity (Wildman–Crippen MR) is 65.2 cm³/mol. The number of carbonyl (C=O) groups excluding carboxylic acids is 1. The molecule has 2 heterocycles. The number of hydrogen-bond acceptors (Lipinski definition) is 5. The third-order valence-corrected chi connectivity index (χ3v) is 3.52. The third kappa shape index (κ3) is 2.73. The standard InChI is InChI=1S/C11H16N4O4/c1-8-2-3-14(10(8)7-16)11(17)6-13-5-9(4-12-13)15(18)19/h4-5,8,10,16H,2-3,6-7H2,1H3. The van der Waals surface area contributed by atoms with Gasteiger partial charge in [-0.3, -0.25) is 19.6 Å². The zero-order chi connectivity index (χ0) is 14.0. The van der Waals surface area contributed by atoms with E-state index in [1.54, 1.807) is 4.90 Å². The van der Waals surface area contributed by atoms with Gasteiger partial charge < -0.3 is 10.0 Å². The van der Waals surface area contributed by atoms with Crippen LogP contribution in [0, 0.1) is 16.0 Å². The van der Waals surface area contributed by atoms with Crippen LogP contribution in [0.1, 0.15) is 13.3 Å². The number of aliphatic hydroxyl groups excluding tert-OH is 1. The maximum absolute atomic E-state index is 12.1. The Morgan fingerprint density at radius 3 is 3.00 bits per heavy atom. The number of aliphatic hydroxyl groups is 1. The quantitative estimate of drug-likeness (QED) is 0.612. The van der Waals surface area contributed by atoms with Crippen molar-refractivity contribution in [2.75, 3.05) is 13.2 Å². The largest absolute Gasteiger partial charge is 0.394 e. The number of nitrogens with zero attached hydrogens (tertiary/aromatic N) is 4. The Kier molecular flexibility index (Phi) is 3.79. The molecule has 8 nitrogen and oxygen atoms in total. The fourth-order valence-corrected chi connectivity index (χ4v) is 2.36. The molecule has 1 aromatic heterocycles. The fraction of sp³-hybridized carbons (Fsp3) is 0.636. The van der Waals surface area contributed by atoms with Gasteiger partial charge in [0.2, 0.25) is 5.91 Å². The van der Waals surface area contributed by atoms with E-state index in [0.717, 1.165) is 12.6 Å². The van der Waals surface area contributed by atoms with Crippen molar-refractivity contribution >= 4 is 11.6 Å². The van der Waals surface area contributed by atoms with E-state index in [4.69, 9.17) is 0 Å². The molecule has 2 unspecified atom stereocenters. The normalized spacial score (nSPS) is 22.7. The average molecular weight is 268 g/mol. The lowest BCUT2D eigenvalue weighted by Gasteiger charge is -2.25. The van der Waals surface area contributed by atoms with E-state index in [-0.39, 0.29) is 36.7 Å².